The van der Waals surface area contributed by atoms with Gasteiger partial charge in [0.15, 0.2) is 0 Å². The second-order valence-electron chi connectivity index (χ2n) is 7.99. The Morgan fingerprint density at radius 1 is 0.788 bits per heavy atom. The van der Waals surface area contributed by atoms with Gasteiger partial charge in [0.2, 0.25) is 0 Å². The molecule has 2 heteroatoms. The highest BCUT2D eigenvalue weighted by molar-refractivity contribution is 9.10. The Kier molecular flexibility index (Phi) is 5.85. The molecule has 0 spiro atoms. The molecular formula is C31H24BrN. The third-order valence-electron chi connectivity index (χ3n) is 5.98. The molecule has 5 aromatic rings. The standard InChI is InChI=1S/C31H24BrN/c1-3-5-9-22(4-2)24-12-18-30-28(20-24)29-21-25(23-10-7-6-8-11-23)13-19-31(29)33(30)27-16-14-26(32)15-17-27/h3-21H,2H2,1H3/b5-3-,22-9+. The summed E-state index contributed by atoms with van der Waals surface area (Å²) in [5.74, 6) is 0. The Balaban J connectivity index is 1.82. The minimum Gasteiger partial charge on any atom is -0.309 e. The van der Waals surface area contributed by atoms with Crippen molar-refractivity contribution in [3.63, 3.8) is 0 Å². The number of aromatic nitrogens is 1. The van der Waals surface area contributed by atoms with E-state index in [0.717, 1.165) is 21.3 Å². The SMILES string of the molecule is C=C/C(=C\C=C/C)c1ccc2c(c1)c1cc(-c3ccccc3)ccc1n2-c1ccc(Br)cc1. The van der Waals surface area contributed by atoms with E-state index in [0.29, 0.717) is 0 Å². The Bertz CT molecular complexity index is 1520. The van der Waals surface area contributed by atoms with Crippen molar-refractivity contribution < 1.29 is 0 Å². The highest BCUT2D eigenvalue weighted by Gasteiger charge is 2.14. The molecule has 0 radical (unpaired) electrons. The number of halogens is 1. The molecule has 0 atom stereocenters. The largest absolute Gasteiger partial charge is 0.309 e. The number of rotatable bonds is 5. The van der Waals surface area contributed by atoms with Gasteiger partial charge in [-0.3, -0.25) is 0 Å². The summed E-state index contributed by atoms with van der Waals surface area (Å²) in [6.07, 6.45) is 8.12. The Morgan fingerprint density at radius 3 is 2.18 bits per heavy atom. The van der Waals surface area contributed by atoms with Crippen LogP contribution in [-0.2, 0) is 0 Å². The Morgan fingerprint density at radius 2 is 1.48 bits per heavy atom. The van der Waals surface area contributed by atoms with Gasteiger partial charge in [-0.2, -0.15) is 0 Å². The van der Waals surface area contributed by atoms with Crippen molar-refractivity contribution in [1.82, 2.24) is 4.57 Å². The Hall–Kier alpha value is -3.62. The number of benzene rings is 4. The smallest absolute Gasteiger partial charge is 0.0541 e. The molecule has 0 amide bonds. The number of allylic oxidation sites excluding steroid dienone is 5. The molecule has 33 heavy (non-hydrogen) atoms. The molecule has 0 unspecified atom stereocenters. The minimum atomic E-state index is 1.07. The monoisotopic (exact) mass is 489 g/mol. The van der Waals surface area contributed by atoms with E-state index in [1.54, 1.807) is 0 Å². The molecule has 4 aromatic carbocycles. The predicted molar refractivity (Wildman–Crippen MR) is 147 cm³/mol. The van der Waals surface area contributed by atoms with Gasteiger partial charge in [-0.05, 0) is 77.7 Å². The first-order valence-corrected chi connectivity index (χ1v) is 11.8. The lowest BCUT2D eigenvalue weighted by atomic mass is 10.00. The molecule has 5 rings (SSSR count). The Labute approximate surface area is 203 Å². The van der Waals surface area contributed by atoms with Gasteiger partial charge in [-0.15, -0.1) is 0 Å². The van der Waals surface area contributed by atoms with Crippen LogP contribution in [0.4, 0.5) is 0 Å². The highest BCUT2D eigenvalue weighted by atomic mass is 79.9. The third kappa shape index (κ3) is 3.99. The lowest BCUT2D eigenvalue weighted by molar-refractivity contribution is 1.18. The third-order valence-corrected chi connectivity index (χ3v) is 6.51. The van der Waals surface area contributed by atoms with E-state index in [9.17, 15) is 0 Å². The lowest BCUT2D eigenvalue weighted by Gasteiger charge is -2.09. The molecule has 0 N–H and O–H groups in total. The van der Waals surface area contributed by atoms with Gasteiger partial charge in [-0.25, -0.2) is 0 Å². The van der Waals surface area contributed by atoms with E-state index in [-0.39, 0.29) is 0 Å². The van der Waals surface area contributed by atoms with Crippen molar-refractivity contribution in [2.45, 2.75) is 6.92 Å². The van der Waals surface area contributed by atoms with Crippen LogP contribution in [0.5, 0.6) is 0 Å². The fourth-order valence-electron chi connectivity index (χ4n) is 4.36. The fraction of sp³-hybridized carbons (Fsp3) is 0.0323. The number of hydrogen-bond acceptors (Lipinski definition) is 0. The maximum atomic E-state index is 4.04. The van der Waals surface area contributed by atoms with Crippen LogP contribution in [0.1, 0.15) is 12.5 Å². The van der Waals surface area contributed by atoms with Gasteiger partial charge < -0.3 is 4.57 Å². The molecule has 0 fully saturated rings. The van der Waals surface area contributed by atoms with E-state index in [1.807, 2.05) is 19.1 Å². The molecule has 1 nitrogen and oxygen atoms in total. The summed E-state index contributed by atoms with van der Waals surface area (Å²) >= 11 is 3.57. The molecule has 160 valence electrons. The van der Waals surface area contributed by atoms with Crippen molar-refractivity contribution in [1.29, 1.82) is 0 Å². The fourth-order valence-corrected chi connectivity index (χ4v) is 4.63. The second kappa shape index (κ2) is 9.09. The van der Waals surface area contributed by atoms with Gasteiger partial charge in [0, 0.05) is 20.9 Å². The lowest BCUT2D eigenvalue weighted by Crippen LogP contribution is -1.93. The van der Waals surface area contributed by atoms with Crippen LogP contribution in [0.3, 0.4) is 0 Å². The maximum absolute atomic E-state index is 4.04. The normalized spacial score (nSPS) is 12.1. The first-order chi connectivity index (χ1) is 16.2. The van der Waals surface area contributed by atoms with Gasteiger partial charge in [0.05, 0.1) is 11.0 Å². The average Bonchev–Trinajstić information content (AvgIpc) is 3.19. The van der Waals surface area contributed by atoms with Crippen LogP contribution in [0.2, 0.25) is 0 Å². The number of hydrogen-bond donors (Lipinski definition) is 0. The summed E-state index contributed by atoms with van der Waals surface area (Å²) in [6.45, 7) is 6.06. The second-order valence-corrected chi connectivity index (χ2v) is 8.91. The van der Waals surface area contributed by atoms with Crippen molar-refractivity contribution in [3.8, 4) is 16.8 Å². The molecule has 0 saturated heterocycles. The van der Waals surface area contributed by atoms with Crippen LogP contribution in [-0.4, -0.2) is 4.57 Å². The van der Waals surface area contributed by atoms with E-state index < -0.39 is 0 Å². The van der Waals surface area contributed by atoms with Crippen molar-refractivity contribution in [2.24, 2.45) is 0 Å². The van der Waals surface area contributed by atoms with Gasteiger partial charge in [0.1, 0.15) is 0 Å². The van der Waals surface area contributed by atoms with Crippen LogP contribution >= 0.6 is 15.9 Å². The summed E-state index contributed by atoms with van der Waals surface area (Å²) in [4.78, 5) is 0. The quantitative estimate of drug-likeness (QED) is 0.216. The molecule has 0 aliphatic carbocycles. The van der Waals surface area contributed by atoms with Crippen LogP contribution in [0.15, 0.2) is 126 Å². The van der Waals surface area contributed by atoms with E-state index in [1.165, 1.54) is 32.9 Å². The summed E-state index contributed by atoms with van der Waals surface area (Å²) in [5.41, 5.74) is 8.25. The predicted octanol–water partition coefficient (Wildman–Crippen LogP) is 9.36. The van der Waals surface area contributed by atoms with Crippen LogP contribution in [0.25, 0.3) is 44.2 Å². The molecule has 1 heterocycles. The first-order valence-electron chi connectivity index (χ1n) is 11.0. The van der Waals surface area contributed by atoms with Crippen molar-refractivity contribution in [3.05, 3.63) is 132 Å². The summed E-state index contributed by atoms with van der Waals surface area (Å²) < 4.78 is 3.42. The van der Waals surface area contributed by atoms with Crippen molar-refractivity contribution in [2.75, 3.05) is 0 Å². The number of nitrogens with zero attached hydrogens (tertiary/aromatic N) is 1. The van der Waals surface area contributed by atoms with Gasteiger partial charge in [0.25, 0.3) is 0 Å². The first kappa shape index (κ1) is 21.2. The van der Waals surface area contributed by atoms with Crippen molar-refractivity contribution >= 4 is 43.3 Å². The van der Waals surface area contributed by atoms with E-state index in [4.69, 9.17) is 0 Å². The molecule has 0 bridgehead atoms. The maximum Gasteiger partial charge on any atom is 0.0541 e. The van der Waals surface area contributed by atoms with E-state index >= 15 is 0 Å². The average molecular weight is 490 g/mol. The topological polar surface area (TPSA) is 4.93 Å². The zero-order valence-corrected chi connectivity index (χ0v) is 20.1. The number of fused-ring (bicyclic) bond motifs is 3. The molecule has 1 aromatic heterocycles. The van der Waals surface area contributed by atoms with Gasteiger partial charge >= 0.3 is 0 Å². The highest BCUT2D eigenvalue weighted by Crippen LogP contribution is 2.36. The minimum absolute atomic E-state index is 1.07. The summed E-state index contributed by atoms with van der Waals surface area (Å²) in [7, 11) is 0. The van der Waals surface area contributed by atoms with E-state index in [2.05, 4.69) is 130 Å². The van der Waals surface area contributed by atoms with Crippen LogP contribution in [0, 0.1) is 0 Å². The zero-order chi connectivity index (χ0) is 22.8. The molecule has 0 aliphatic heterocycles. The summed E-state index contributed by atoms with van der Waals surface area (Å²) in [6, 6.07) is 32.5. The molecule has 0 aliphatic rings. The summed E-state index contributed by atoms with van der Waals surface area (Å²) in [5, 5.41) is 2.47. The van der Waals surface area contributed by atoms with Gasteiger partial charge in [-0.1, -0.05) is 89.3 Å². The molecular weight excluding hydrogens is 466 g/mol. The molecule has 0 saturated carbocycles. The van der Waals surface area contributed by atoms with Crippen LogP contribution < -0.4 is 0 Å². The zero-order valence-electron chi connectivity index (χ0n) is 18.5.